The summed E-state index contributed by atoms with van der Waals surface area (Å²) in [4.78, 5) is 36.7. The fourth-order valence-electron chi connectivity index (χ4n) is 2.34. The molecule has 23 heavy (non-hydrogen) atoms. The van der Waals surface area contributed by atoms with Gasteiger partial charge in [0.1, 0.15) is 5.75 Å². The number of rotatable bonds is 4. The Labute approximate surface area is 134 Å². The third-order valence-electron chi connectivity index (χ3n) is 3.31. The van der Waals surface area contributed by atoms with Crippen molar-refractivity contribution in [1.29, 1.82) is 0 Å². The van der Waals surface area contributed by atoms with Gasteiger partial charge in [-0.05, 0) is 37.1 Å². The molecule has 0 bridgehead atoms. The first-order chi connectivity index (χ1) is 10.8. The fraction of sp³-hybridized carbons (Fsp3) is 0.438. The zero-order valence-electron chi connectivity index (χ0n) is 13.5. The molecule has 1 aliphatic heterocycles. The molecule has 1 amide bonds. The number of cyclic esters (lactones) is 2. The second kappa shape index (κ2) is 6.68. The van der Waals surface area contributed by atoms with Gasteiger partial charge in [0, 0.05) is 13.6 Å². The molecule has 1 aromatic rings. The van der Waals surface area contributed by atoms with E-state index in [0.717, 1.165) is 0 Å². The Bertz CT molecular complexity index is 652. The third kappa shape index (κ3) is 3.80. The van der Waals surface area contributed by atoms with E-state index in [1.807, 2.05) is 0 Å². The summed E-state index contributed by atoms with van der Waals surface area (Å²) in [5.74, 6) is -0.805. The van der Waals surface area contributed by atoms with Crippen LogP contribution in [0.5, 0.6) is 5.75 Å². The van der Waals surface area contributed by atoms with Gasteiger partial charge in [0.25, 0.3) is 0 Å². The van der Waals surface area contributed by atoms with Crippen LogP contribution in [0.15, 0.2) is 12.1 Å². The molecule has 0 aliphatic carbocycles. The van der Waals surface area contributed by atoms with Gasteiger partial charge in [0.05, 0.1) is 25.2 Å². The van der Waals surface area contributed by atoms with Crippen molar-refractivity contribution in [3.63, 3.8) is 0 Å². The minimum absolute atomic E-state index is 0.00850. The number of methoxy groups -OCH3 is 1. The molecule has 1 aliphatic rings. The largest absolute Gasteiger partial charge is 0.497 e. The van der Waals surface area contributed by atoms with Gasteiger partial charge in [0.15, 0.2) is 0 Å². The highest BCUT2D eigenvalue weighted by Crippen LogP contribution is 2.28. The molecule has 0 spiro atoms. The molecule has 124 valence electrons. The lowest BCUT2D eigenvalue weighted by Gasteiger charge is -2.23. The Kier molecular flexibility index (Phi) is 4.88. The average molecular weight is 321 g/mol. The van der Waals surface area contributed by atoms with E-state index in [0.29, 0.717) is 22.4 Å². The molecule has 2 rings (SSSR count). The standard InChI is InChI=1S/C16H19NO6/c1-9(2)22-16(20)17(3)8-11-6-12(21-4)5-10-7-13(18)23-15(19)14(10)11/h5-6,9H,7-8H2,1-4H3. The summed E-state index contributed by atoms with van der Waals surface area (Å²) in [5, 5.41) is 0. The lowest BCUT2D eigenvalue weighted by molar-refractivity contribution is -0.137. The molecule has 0 fully saturated rings. The van der Waals surface area contributed by atoms with Crippen molar-refractivity contribution in [2.45, 2.75) is 32.9 Å². The van der Waals surface area contributed by atoms with Crippen molar-refractivity contribution in [3.05, 3.63) is 28.8 Å². The van der Waals surface area contributed by atoms with Gasteiger partial charge in [-0.3, -0.25) is 4.79 Å². The maximum absolute atomic E-state index is 12.0. The van der Waals surface area contributed by atoms with E-state index in [-0.39, 0.29) is 19.1 Å². The number of carbonyl (C=O) groups is 3. The summed E-state index contributed by atoms with van der Waals surface area (Å²) in [6.07, 6.45) is -0.755. The number of carbonyl (C=O) groups excluding carboxylic acids is 3. The van der Waals surface area contributed by atoms with Crippen LogP contribution in [0, 0.1) is 0 Å². The van der Waals surface area contributed by atoms with Gasteiger partial charge in [-0.2, -0.15) is 0 Å². The molecule has 0 atom stereocenters. The van der Waals surface area contributed by atoms with Crippen LogP contribution in [0.25, 0.3) is 0 Å². The van der Waals surface area contributed by atoms with Crippen LogP contribution in [-0.4, -0.2) is 43.2 Å². The van der Waals surface area contributed by atoms with Crippen LogP contribution in [0.4, 0.5) is 4.79 Å². The Hall–Kier alpha value is -2.57. The predicted octanol–water partition coefficient (Wildman–Crippen LogP) is 1.91. The molecule has 0 saturated carbocycles. The van der Waals surface area contributed by atoms with Gasteiger partial charge in [-0.1, -0.05) is 0 Å². The van der Waals surface area contributed by atoms with Crippen molar-refractivity contribution < 1.29 is 28.6 Å². The van der Waals surface area contributed by atoms with Gasteiger partial charge in [-0.15, -0.1) is 0 Å². The molecule has 1 aromatic carbocycles. The number of esters is 2. The van der Waals surface area contributed by atoms with Crippen molar-refractivity contribution in [1.82, 2.24) is 4.90 Å². The Morgan fingerprint density at radius 1 is 1.35 bits per heavy atom. The normalized spacial score (nSPS) is 13.4. The molecule has 0 saturated heterocycles. The first-order valence-corrected chi connectivity index (χ1v) is 7.18. The Balaban J connectivity index is 2.34. The van der Waals surface area contributed by atoms with Crippen LogP contribution in [0.1, 0.15) is 35.3 Å². The third-order valence-corrected chi connectivity index (χ3v) is 3.31. The van der Waals surface area contributed by atoms with Gasteiger partial charge in [-0.25, -0.2) is 9.59 Å². The van der Waals surface area contributed by atoms with E-state index in [1.165, 1.54) is 12.0 Å². The second-order valence-electron chi connectivity index (χ2n) is 5.55. The Morgan fingerprint density at radius 2 is 2.04 bits per heavy atom. The quantitative estimate of drug-likeness (QED) is 0.622. The molecular weight excluding hydrogens is 302 g/mol. The minimum Gasteiger partial charge on any atom is -0.497 e. The number of fused-ring (bicyclic) bond motifs is 1. The smallest absolute Gasteiger partial charge is 0.410 e. The lowest BCUT2D eigenvalue weighted by Crippen LogP contribution is -2.31. The first-order valence-electron chi connectivity index (χ1n) is 7.18. The van der Waals surface area contributed by atoms with Gasteiger partial charge in [0.2, 0.25) is 0 Å². The summed E-state index contributed by atoms with van der Waals surface area (Å²) in [5.41, 5.74) is 1.38. The van der Waals surface area contributed by atoms with Crippen LogP contribution < -0.4 is 4.74 Å². The lowest BCUT2D eigenvalue weighted by atomic mass is 9.96. The predicted molar refractivity (Wildman–Crippen MR) is 80.2 cm³/mol. The zero-order chi connectivity index (χ0) is 17.1. The van der Waals surface area contributed by atoms with E-state index in [9.17, 15) is 14.4 Å². The number of hydrogen-bond acceptors (Lipinski definition) is 6. The van der Waals surface area contributed by atoms with E-state index in [4.69, 9.17) is 9.47 Å². The maximum Gasteiger partial charge on any atom is 0.410 e. The van der Waals surface area contributed by atoms with E-state index >= 15 is 0 Å². The van der Waals surface area contributed by atoms with Crippen LogP contribution >= 0.6 is 0 Å². The first kappa shape index (κ1) is 16.8. The van der Waals surface area contributed by atoms with Gasteiger partial charge < -0.3 is 19.1 Å². The van der Waals surface area contributed by atoms with Crippen molar-refractivity contribution in [2.75, 3.05) is 14.2 Å². The number of hydrogen-bond donors (Lipinski definition) is 0. The van der Waals surface area contributed by atoms with Crippen LogP contribution in [-0.2, 0) is 27.2 Å². The molecule has 7 heteroatoms. The molecule has 0 aromatic heterocycles. The van der Waals surface area contributed by atoms with E-state index in [1.54, 1.807) is 33.0 Å². The van der Waals surface area contributed by atoms with Crippen molar-refractivity contribution in [2.24, 2.45) is 0 Å². The highest BCUT2D eigenvalue weighted by molar-refractivity contribution is 6.03. The number of ether oxygens (including phenoxy) is 3. The summed E-state index contributed by atoms with van der Waals surface area (Å²) in [6.45, 7) is 3.64. The summed E-state index contributed by atoms with van der Waals surface area (Å²) in [7, 11) is 3.06. The SMILES string of the molecule is COc1cc2c(c(CN(C)C(=O)OC(C)C)c1)C(=O)OC(=O)C2. The monoisotopic (exact) mass is 321 g/mol. The topological polar surface area (TPSA) is 82.1 Å². The molecule has 1 heterocycles. The number of nitrogens with zero attached hydrogens (tertiary/aromatic N) is 1. The summed E-state index contributed by atoms with van der Waals surface area (Å²) in [6, 6.07) is 3.28. The van der Waals surface area contributed by atoms with E-state index in [2.05, 4.69) is 4.74 Å². The Morgan fingerprint density at radius 3 is 2.65 bits per heavy atom. The molecule has 0 N–H and O–H groups in total. The summed E-state index contributed by atoms with van der Waals surface area (Å²) < 4.78 is 15.0. The van der Waals surface area contributed by atoms with Crippen LogP contribution in [0.2, 0.25) is 0 Å². The maximum atomic E-state index is 12.0. The van der Waals surface area contributed by atoms with Crippen molar-refractivity contribution in [3.8, 4) is 5.75 Å². The number of benzene rings is 1. The van der Waals surface area contributed by atoms with Crippen molar-refractivity contribution >= 4 is 18.0 Å². The molecule has 0 radical (unpaired) electrons. The van der Waals surface area contributed by atoms with Gasteiger partial charge >= 0.3 is 18.0 Å². The average Bonchev–Trinajstić information content (AvgIpc) is 2.45. The summed E-state index contributed by atoms with van der Waals surface area (Å²) >= 11 is 0. The zero-order valence-corrected chi connectivity index (χ0v) is 13.5. The molecule has 0 unspecified atom stereocenters. The molecular formula is C16H19NO6. The number of amides is 1. The second-order valence-corrected chi connectivity index (χ2v) is 5.55. The highest BCUT2D eigenvalue weighted by atomic mass is 16.6. The minimum atomic E-state index is -0.709. The van der Waals surface area contributed by atoms with E-state index < -0.39 is 18.0 Å². The highest BCUT2D eigenvalue weighted by Gasteiger charge is 2.29. The fourth-order valence-corrected chi connectivity index (χ4v) is 2.34. The van der Waals surface area contributed by atoms with Crippen LogP contribution in [0.3, 0.4) is 0 Å². The molecule has 7 nitrogen and oxygen atoms in total.